The molecule has 0 unspecified atom stereocenters. The van der Waals surface area contributed by atoms with Gasteiger partial charge in [0.2, 0.25) is 5.91 Å². The number of pyridine rings is 1. The molecule has 7 heteroatoms. The van der Waals surface area contributed by atoms with Crippen molar-refractivity contribution in [3.8, 4) is 0 Å². The highest BCUT2D eigenvalue weighted by Gasteiger charge is 2.14. The molecule has 1 N–H and O–H groups in total. The van der Waals surface area contributed by atoms with Gasteiger partial charge in [-0.25, -0.2) is 4.98 Å². The molecule has 1 amide bonds. The maximum absolute atomic E-state index is 11.0. The number of amides is 1. The molecule has 1 aromatic heterocycles. The highest BCUT2D eigenvalue weighted by molar-refractivity contribution is 6.41. The summed E-state index contributed by atoms with van der Waals surface area (Å²) in [6.07, 6.45) is 1.47. The second-order valence-electron chi connectivity index (χ2n) is 3.99. The van der Waals surface area contributed by atoms with Crippen molar-refractivity contribution < 1.29 is 14.3 Å². The molecule has 1 heterocycles. The molecule has 0 bridgehead atoms. The Morgan fingerprint density at radius 2 is 2.11 bits per heavy atom. The Morgan fingerprint density at radius 1 is 1.42 bits per heavy atom. The first-order valence-corrected chi connectivity index (χ1v) is 6.35. The Labute approximate surface area is 121 Å². The van der Waals surface area contributed by atoms with Crippen LogP contribution in [0.3, 0.4) is 0 Å². The summed E-state index contributed by atoms with van der Waals surface area (Å²) in [5.41, 5.74) is 0.769. The molecule has 0 radical (unpaired) electrons. The van der Waals surface area contributed by atoms with Gasteiger partial charge in [-0.05, 0) is 11.6 Å². The maximum Gasteiger partial charge on any atom is 0.302 e. The largest absolute Gasteiger partial charge is 0.460 e. The maximum atomic E-state index is 11.0. The van der Waals surface area contributed by atoms with Gasteiger partial charge in [0.05, 0.1) is 11.6 Å². The number of nitrogens with zero attached hydrogens (tertiary/aromatic N) is 1. The minimum Gasteiger partial charge on any atom is -0.460 e. The highest BCUT2D eigenvalue weighted by Crippen LogP contribution is 2.20. The fraction of sp³-hybridized carbons (Fsp3) is 0.417. The Balaban J connectivity index is 2.71. The van der Waals surface area contributed by atoms with Crippen LogP contribution in [0.2, 0.25) is 10.2 Å². The third-order valence-electron chi connectivity index (χ3n) is 2.23. The van der Waals surface area contributed by atoms with Gasteiger partial charge >= 0.3 is 5.97 Å². The van der Waals surface area contributed by atoms with E-state index in [1.54, 1.807) is 12.3 Å². The molecule has 0 aliphatic heterocycles. The fourth-order valence-corrected chi connectivity index (χ4v) is 1.78. The molecular weight excluding hydrogens is 291 g/mol. The molecule has 0 fully saturated rings. The van der Waals surface area contributed by atoms with E-state index < -0.39 is 12.1 Å². The summed E-state index contributed by atoms with van der Waals surface area (Å²) in [6, 6.07) is 1.65. The van der Waals surface area contributed by atoms with Crippen LogP contribution in [0.1, 0.15) is 19.4 Å². The molecule has 104 valence electrons. The van der Waals surface area contributed by atoms with E-state index >= 15 is 0 Å². The molecule has 1 atom stereocenters. The van der Waals surface area contributed by atoms with Crippen LogP contribution in [0.4, 0.5) is 0 Å². The van der Waals surface area contributed by atoms with E-state index in [4.69, 9.17) is 27.9 Å². The second kappa shape index (κ2) is 7.31. The number of hydrogen-bond acceptors (Lipinski definition) is 4. The third-order valence-corrected chi connectivity index (χ3v) is 2.91. The van der Waals surface area contributed by atoms with Crippen LogP contribution in [0.15, 0.2) is 12.3 Å². The van der Waals surface area contributed by atoms with E-state index in [-0.39, 0.29) is 17.6 Å². The van der Waals surface area contributed by atoms with E-state index in [1.807, 2.05) is 0 Å². The van der Waals surface area contributed by atoms with Gasteiger partial charge in [-0.3, -0.25) is 9.59 Å². The van der Waals surface area contributed by atoms with Crippen molar-refractivity contribution in [1.82, 2.24) is 10.3 Å². The van der Waals surface area contributed by atoms with Crippen LogP contribution >= 0.6 is 23.2 Å². The molecule has 0 saturated heterocycles. The highest BCUT2D eigenvalue weighted by atomic mass is 35.5. The fourth-order valence-electron chi connectivity index (χ4n) is 1.48. The number of carbonyl (C=O) groups is 2. The number of aromatic nitrogens is 1. The van der Waals surface area contributed by atoms with E-state index in [0.29, 0.717) is 11.4 Å². The number of esters is 1. The van der Waals surface area contributed by atoms with Crippen molar-refractivity contribution in [2.45, 2.75) is 26.4 Å². The van der Waals surface area contributed by atoms with Crippen molar-refractivity contribution >= 4 is 35.1 Å². The minimum atomic E-state index is -0.472. The topological polar surface area (TPSA) is 68.3 Å². The lowest BCUT2D eigenvalue weighted by Gasteiger charge is -2.17. The van der Waals surface area contributed by atoms with Gasteiger partial charge < -0.3 is 10.1 Å². The van der Waals surface area contributed by atoms with Gasteiger partial charge in [-0.1, -0.05) is 23.2 Å². The summed E-state index contributed by atoms with van der Waals surface area (Å²) < 4.78 is 5.12. The first kappa shape index (κ1) is 15.7. The summed E-state index contributed by atoms with van der Waals surface area (Å²) in [5, 5.41) is 3.15. The standard InChI is InChI=1S/C12H14Cl2N2O3/c1-7(17)15-6-10(19-8(2)18)3-9-4-11(13)12(14)16-5-9/h4-5,10H,3,6H2,1-2H3,(H,15,17)/t10-/m1/s1. The van der Waals surface area contributed by atoms with Gasteiger partial charge in [0.25, 0.3) is 0 Å². The predicted molar refractivity (Wildman–Crippen MR) is 72.2 cm³/mol. The molecule has 5 nitrogen and oxygen atoms in total. The average molecular weight is 305 g/mol. The number of rotatable bonds is 5. The zero-order valence-electron chi connectivity index (χ0n) is 10.6. The van der Waals surface area contributed by atoms with Crippen molar-refractivity contribution in [3.05, 3.63) is 28.0 Å². The SMILES string of the molecule is CC(=O)NC[C@@H](Cc1cnc(Cl)c(Cl)c1)OC(C)=O. The van der Waals surface area contributed by atoms with Crippen LogP contribution < -0.4 is 5.32 Å². The predicted octanol–water partition coefficient (Wildman–Crippen LogP) is 2.00. The van der Waals surface area contributed by atoms with Gasteiger partial charge in [-0.15, -0.1) is 0 Å². The number of halogens is 2. The van der Waals surface area contributed by atoms with Gasteiger partial charge in [-0.2, -0.15) is 0 Å². The van der Waals surface area contributed by atoms with Crippen LogP contribution in [0, 0.1) is 0 Å². The normalized spacial score (nSPS) is 11.8. The average Bonchev–Trinajstić information content (AvgIpc) is 2.30. The first-order chi connectivity index (χ1) is 8.88. The summed E-state index contributed by atoms with van der Waals surface area (Å²) in [7, 11) is 0. The van der Waals surface area contributed by atoms with Crippen molar-refractivity contribution in [2.24, 2.45) is 0 Å². The van der Waals surface area contributed by atoms with E-state index in [0.717, 1.165) is 5.56 Å². The summed E-state index contributed by atoms with van der Waals surface area (Å²) in [6.45, 7) is 2.94. The van der Waals surface area contributed by atoms with Crippen LogP contribution in [0.5, 0.6) is 0 Å². The van der Waals surface area contributed by atoms with Gasteiger partial charge in [0, 0.05) is 26.5 Å². The van der Waals surface area contributed by atoms with E-state index in [2.05, 4.69) is 10.3 Å². The van der Waals surface area contributed by atoms with E-state index in [1.165, 1.54) is 13.8 Å². The Morgan fingerprint density at radius 3 is 2.63 bits per heavy atom. The third kappa shape index (κ3) is 5.89. The lowest BCUT2D eigenvalue weighted by Crippen LogP contribution is -2.34. The number of nitrogens with one attached hydrogen (secondary N) is 1. The zero-order valence-corrected chi connectivity index (χ0v) is 12.1. The molecule has 1 rings (SSSR count). The molecular formula is C12H14Cl2N2O3. The van der Waals surface area contributed by atoms with E-state index in [9.17, 15) is 9.59 Å². The molecule has 0 aliphatic rings. The lowest BCUT2D eigenvalue weighted by molar-refractivity contribution is -0.146. The van der Waals surface area contributed by atoms with Crippen molar-refractivity contribution in [2.75, 3.05) is 6.54 Å². The van der Waals surface area contributed by atoms with Crippen LogP contribution in [-0.2, 0) is 20.7 Å². The molecule has 0 aliphatic carbocycles. The quantitative estimate of drug-likeness (QED) is 0.667. The number of carbonyl (C=O) groups excluding carboxylic acids is 2. The van der Waals surface area contributed by atoms with Gasteiger partial charge in [0.15, 0.2) is 0 Å². The molecule has 19 heavy (non-hydrogen) atoms. The monoisotopic (exact) mass is 304 g/mol. The summed E-state index contributed by atoms with van der Waals surface area (Å²) in [5.74, 6) is -0.604. The Hall–Kier alpha value is -1.33. The number of hydrogen-bond donors (Lipinski definition) is 1. The lowest BCUT2D eigenvalue weighted by atomic mass is 10.1. The summed E-state index contributed by atoms with van der Waals surface area (Å²) in [4.78, 5) is 25.8. The van der Waals surface area contributed by atoms with Crippen LogP contribution in [0.25, 0.3) is 0 Å². The summed E-state index contributed by atoms with van der Waals surface area (Å²) >= 11 is 11.6. The Kier molecular flexibility index (Phi) is 6.05. The zero-order chi connectivity index (χ0) is 14.4. The number of ether oxygens (including phenoxy) is 1. The molecule has 0 aromatic carbocycles. The molecule has 0 spiro atoms. The molecule has 0 saturated carbocycles. The van der Waals surface area contributed by atoms with Crippen molar-refractivity contribution in [1.29, 1.82) is 0 Å². The van der Waals surface area contributed by atoms with Gasteiger partial charge in [0.1, 0.15) is 11.3 Å². The smallest absolute Gasteiger partial charge is 0.302 e. The molecule has 1 aromatic rings. The minimum absolute atomic E-state index is 0.190. The second-order valence-corrected chi connectivity index (χ2v) is 4.75. The van der Waals surface area contributed by atoms with Crippen molar-refractivity contribution in [3.63, 3.8) is 0 Å². The first-order valence-electron chi connectivity index (χ1n) is 5.60. The van der Waals surface area contributed by atoms with Crippen LogP contribution in [-0.4, -0.2) is 29.5 Å². The Bertz CT molecular complexity index is 480.